The molecule has 1 atom stereocenters. The molecule has 1 aliphatic rings. The number of anilines is 1. The van der Waals surface area contributed by atoms with Crippen LogP contribution in [0.2, 0.25) is 5.02 Å². The highest BCUT2D eigenvalue weighted by atomic mass is 35.5. The number of nitrogens with two attached hydrogens (primary N) is 1. The molecule has 7 heteroatoms. The summed E-state index contributed by atoms with van der Waals surface area (Å²) in [5.74, 6) is 6.57. The van der Waals surface area contributed by atoms with E-state index in [-0.39, 0.29) is 16.3 Å². The molecule has 0 saturated carbocycles. The molecule has 0 bridgehead atoms. The largest absolute Gasteiger partial charge is 0.349 e. The van der Waals surface area contributed by atoms with Gasteiger partial charge < -0.3 is 10.7 Å². The number of carbonyl (C=O) groups is 1. The van der Waals surface area contributed by atoms with Crippen LogP contribution in [-0.4, -0.2) is 27.9 Å². The van der Waals surface area contributed by atoms with Crippen molar-refractivity contribution in [2.45, 2.75) is 24.5 Å². The number of nitrogens with one attached hydrogen (secondary N) is 2. The third kappa shape index (κ3) is 3.52. The van der Waals surface area contributed by atoms with Gasteiger partial charge in [0.25, 0.3) is 5.91 Å². The van der Waals surface area contributed by atoms with Gasteiger partial charge in [-0.15, -0.1) is 0 Å². The van der Waals surface area contributed by atoms with Gasteiger partial charge in [-0.3, -0.25) is 4.79 Å². The first kappa shape index (κ1) is 14.4. The average Bonchev–Trinajstić information content (AvgIpc) is 2.84. The van der Waals surface area contributed by atoms with Crippen molar-refractivity contribution in [2.24, 2.45) is 5.84 Å². The summed E-state index contributed by atoms with van der Waals surface area (Å²) < 4.78 is 0.117. The molecule has 0 aliphatic carbocycles. The lowest BCUT2D eigenvalue weighted by Crippen LogP contribution is -2.37. The van der Waals surface area contributed by atoms with Crippen molar-refractivity contribution in [1.29, 1.82) is 0 Å². The van der Waals surface area contributed by atoms with Crippen molar-refractivity contribution in [2.75, 3.05) is 17.7 Å². The minimum Gasteiger partial charge on any atom is -0.349 e. The Morgan fingerprint density at radius 1 is 1.63 bits per heavy atom. The molecule has 1 saturated heterocycles. The topological polar surface area (TPSA) is 80.0 Å². The van der Waals surface area contributed by atoms with Gasteiger partial charge in [-0.25, -0.2) is 10.8 Å². The number of hydrogen-bond acceptors (Lipinski definition) is 5. The molecule has 1 aliphatic heterocycles. The number of nitrogens with zero attached hydrogens (tertiary/aromatic N) is 1. The second kappa shape index (κ2) is 5.98. The van der Waals surface area contributed by atoms with Gasteiger partial charge in [0, 0.05) is 11.3 Å². The zero-order chi connectivity index (χ0) is 13.9. The van der Waals surface area contributed by atoms with Gasteiger partial charge in [-0.2, -0.15) is 11.8 Å². The molecule has 1 fully saturated rings. The molecule has 1 aromatic heterocycles. The second-order valence-electron chi connectivity index (χ2n) is 4.76. The summed E-state index contributed by atoms with van der Waals surface area (Å²) in [7, 11) is 0. The lowest BCUT2D eigenvalue weighted by molar-refractivity contribution is 0.0945. The second-order valence-corrected chi connectivity index (χ2v) is 6.85. The van der Waals surface area contributed by atoms with Gasteiger partial charge in [-0.05, 0) is 37.7 Å². The monoisotopic (exact) mass is 300 g/mol. The van der Waals surface area contributed by atoms with Crippen molar-refractivity contribution < 1.29 is 4.79 Å². The number of hydrazine groups is 1. The van der Waals surface area contributed by atoms with Crippen molar-refractivity contribution in [3.8, 4) is 0 Å². The molecule has 1 unspecified atom stereocenters. The molecule has 1 aromatic rings. The summed E-state index contributed by atoms with van der Waals surface area (Å²) in [6, 6.07) is 3.22. The number of thioether (sulfide) groups is 1. The van der Waals surface area contributed by atoms with E-state index in [0.29, 0.717) is 17.4 Å². The Morgan fingerprint density at radius 2 is 2.42 bits per heavy atom. The lowest BCUT2D eigenvalue weighted by atomic mass is 10.1. The maximum Gasteiger partial charge on any atom is 0.271 e. The molecule has 2 rings (SSSR count). The molecule has 1 amide bonds. The van der Waals surface area contributed by atoms with Gasteiger partial charge in [0.2, 0.25) is 0 Å². The summed E-state index contributed by atoms with van der Waals surface area (Å²) >= 11 is 7.87. The molecule has 0 aromatic carbocycles. The highest BCUT2D eigenvalue weighted by molar-refractivity contribution is 8.00. The first-order valence-corrected chi connectivity index (χ1v) is 7.46. The first-order chi connectivity index (χ1) is 9.04. The third-order valence-corrected chi connectivity index (χ3v) is 4.98. The van der Waals surface area contributed by atoms with E-state index in [1.165, 1.54) is 6.42 Å². The van der Waals surface area contributed by atoms with Gasteiger partial charge in [0.05, 0.1) is 5.02 Å². The van der Waals surface area contributed by atoms with Crippen LogP contribution in [-0.2, 0) is 0 Å². The molecular weight excluding hydrogens is 284 g/mol. The van der Waals surface area contributed by atoms with E-state index in [1.54, 1.807) is 12.1 Å². The van der Waals surface area contributed by atoms with E-state index >= 15 is 0 Å². The quantitative estimate of drug-likeness (QED) is 0.586. The molecular formula is C12H17ClN4OS. The fourth-order valence-electron chi connectivity index (χ4n) is 2.01. The minimum absolute atomic E-state index is 0.117. The normalized spacial score (nSPS) is 22.3. The maximum absolute atomic E-state index is 12.1. The number of halogens is 1. The molecule has 104 valence electrons. The summed E-state index contributed by atoms with van der Waals surface area (Å²) in [5, 5.41) is 3.22. The summed E-state index contributed by atoms with van der Waals surface area (Å²) in [6.45, 7) is 2.78. The number of pyridine rings is 1. The fourth-order valence-corrected chi connectivity index (χ4v) is 3.44. The highest BCUT2D eigenvalue weighted by Gasteiger charge is 2.30. The van der Waals surface area contributed by atoms with Crippen molar-refractivity contribution in [3.63, 3.8) is 0 Å². The number of hydrogen-bond donors (Lipinski definition) is 3. The standard InChI is InChI=1S/C12H17ClN4OS/c1-12(5-2-6-19-12)7-15-11(18)10-8(13)3-4-9(16-10)17-14/h3-4H,2,5-7,14H2,1H3,(H,15,18)(H,16,17). The van der Waals surface area contributed by atoms with E-state index in [2.05, 4.69) is 22.7 Å². The number of nitrogen functional groups attached to an aromatic ring is 1. The van der Waals surface area contributed by atoms with Crippen LogP contribution < -0.4 is 16.6 Å². The average molecular weight is 301 g/mol. The Bertz CT molecular complexity index is 477. The maximum atomic E-state index is 12.1. The Balaban J connectivity index is 2.03. The van der Waals surface area contributed by atoms with Crippen LogP contribution in [0.1, 0.15) is 30.3 Å². The molecule has 2 heterocycles. The zero-order valence-electron chi connectivity index (χ0n) is 10.7. The molecule has 5 nitrogen and oxygen atoms in total. The Morgan fingerprint density at radius 3 is 3.05 bits per heavy atom. The van der Waals surface area contributed by atoms with E-state index in [4.69, 9.17) is 17.4 Å². The summed E-state index contributed by atoms with van der Waals surface area (Å²) in [6.07, 6.45) is 2.31. The minimum atomic E-state index is -0.268. The molecule has 4 N–H and O–H groups in total. The Hall–Kier alpha value is -0.980. The van der Waals surface area contributed by atoms with Crippen molar-refractivity contribution in [3.05, 3.63) is 22.8 Å². The fraction of sp³-hybridized carbons (Fsp3) is 0.500. The number of rotatable bonds is 4. The van der Waals surface area contributed by atoms with Gasteiger partial charge >= 0.3 is 0 Å². The van der Waals surface area contributed by atoms with Crippen LogP contribution in [0, 0.1) is 0 Å². The lowest BCUT2D eigenvalue weighted by Gasteiger charge is -2.22. The van der Waals surface area contributed by atoms with E-state index in [9.17, 15) is 4.79 Å². The SMILES string of the molecule is CC1(CNC(=O)c2nc(NN)ccc2Cl)CCCS1. The molecule has 0 radical (unpaired) electrons. The van der Waals surface area contributed by atoms with Crippen LogP contribution in [0.3, 0.4) is 0 Å². The first-order valence-electron chi connectivity index (χ1n) is 6.09. The van der Waals surface area contributed by atoms with Gasteiger partial charge in [-0.1, -0.05) is 11.6 Å². The third-order valence-electron chi connectivity index (χ3n) is 3.13. The number of amides is 1. The van der Waals surface area contributed by atoms with Crippen molar-refractivity contribution >= 4 is 35.1 Å². The van der Waals surface area contributed by atoms with E-state index in [0.717, 1.165) is 12.2 Å². The summed E-state index contributed by atoms with van der Waals surface area (Å²) in [5.41, 5.74) is 2.60. The molecule has 19 heavy (non-hydrogen) atoms. The smallest absolute Gasteiger partial charge is 0.271 e. The van der Waals surface area contributed by atoms with E-state index < -0.39 is 0 Å². The summed E-state index contributed by atoms with van der Waals surface area (Å²) in [4.78, 5) is 16.2. The number of carbonyl (C=O) groups excluding carboxylic acids is 1. The van der Waals surface area contributed by atoms with E-state index in [1.807, 2.05) is 11.8 Å². The molecule has 0 spiro atoms. The van der Waals surface area contributed by atoms with Crippen LogP contribution in [0.5, 0.6) is 0 Å². The van der Waals surface area contributed by atoms with Crippen LogP contribution in [0.25, 0.3) is 0 Å². The van der Waals surface area contributed by atoms with Crippen LogP contribution in [0.4, 0.5) is 5.82 Å². The van der Waals surface area contributed by atoms with Gasteiger partial charge in [0.15, 0.2) is 0 Å². The Labute approximate surface area is 121 Å². The Kier molecular flexibility index (Phi) is 4.54. The van der Waals surface area contributed by atoms with Crippen molar-refractivity contribution in [1.82, 2.24) is 10.3 Å². The zero-order valence-corrected chi connectivity index (χ0v) is 12.3. The van der Waals surface area contributed by atoms with Crippen LogP contribution in [0.15, 0.2) is 12.1 Å². The van der Waals surface area contributed by atoms with Crippen LogP contribution >= 0.6 is 23.4 Å². The number of aromatic nitrogens is 1. The highest BCUT2D eigenvalue weighted by Crippen LogP contribution is 2.37. The predicted molar refractivity (Wildman–Crippen MR) is 79.5 cm³/mol. The predicted octanol–water partition coefficient (Wildman–Crippen LogP) is 2.04. The van der Waals surface area contributed by atoms with Gasteiger partial charge in [0.1, 0.15) is 11.5 Å².